The fourth-order valence-electron chi connectivity index (χ4n) is 2.90. The molecule has 2 fully saturated rings. The van der Waals surface area contributed by atoms with Gasteiger partial charge in [-0.25, -0.2) is 14.8 Å². The van der Waals surface area contributed by atoms with Crippen LogP contribution in [0.25, 0.3) is 0 Å². The fraction of sp³-hybridized carbons (Fsp3) is 0.643. The Morgan fingerprint density at radius 2 is 1.85 bits per heavy atom. The Balaban J connectivity index is 1.55. The first-order chi connectivity index (χ1) is 9.74. The van der Waals surface area contributed by atoms with Gasteiger partial charge in [-0.2, -0.15) is 0 Å². The molecule has 0 atom stereocenters. The van der Waals surface area contributed by atoms with Crippen LogP contribution >= 0.6 is 0 Å². The average molecular weight is 275 g/mol. The van der Waals surface area contributed by atoms with Crippen LogP contribution < -0.4 is 5.73 Å². The molecule has 2 N–H and O–H groups in total. The van der Waals surface area contributed by atoms with Crippen LogP contribution in [-0.4, -0.2) is 52.0 Å². The summed E-state index contributed by atoms with van der Waals surface area (Å²) < 4.78 is 0. The van der Waals surface area contributed by atoms with Gasteiger partial charge >= 0.3 is 6.03 Å². The molecule has 3 rings (SSSR count). The first-order valence-electron chi connectivity index (χ1n) is 7.36. The standard InChI is InChI=1S/C14H21N5O/c15-13-16-6-5-12(17-13)11-9-19(10-11)14(20)18-7-3-1-2-4-8-18/h5-6,11H,1-4,7-10H2,(H2,15,16,17). The molecular weight excluding hydrogens is 254 g/mol. The van der Waals surface area contributed by atoms with Crippen molar-refractivity contribution in [2.24, 2.45) is 0 Å². The summed E-state index contributed by atoms with van der Waals surface area (Å²) in [6, 6.07) is 2.07. The van der Waals surface area contributed by atoms with Gasteiger partial charge in [-0.1, -0.05) is 12.8 Å². The van der Waals surface area contributed by atoms with Crippen molar-refractivity contribution in [3.63, 3.8) is 0 Å². The summed E-state index contributed by atoms with van der Waals surface area (Å²) in [6.07, 6.45) is 6.42. The van der Waals surface area contributed by atoms with E-state index >= 15 is 0 Å². The third kappa shape index (κ3) is 2.69. The number of amides is 2. The zero-order valence-corrected chi connectivity index (χ0v) is 11.7. The van der Waals surface area contributed by atoms with Crippen molar-refractivity contribution in [3.8, 4) is 0 Å². The van der Waals surface area contributed by atoms with Crippen LogP contribution in [0.3, 0.4) is 0 Å². The molecule has 0 bridgehead atoms. The molecular formula is C14H21N5O. The smallest absolute Gasteiger partial charge is 0.320 e. The van der Waals surface area contributed by atoms with Crippen LogP contribution in [0, 0.1) is 0 Å². The van der Waals surface area contributed by atoms with Crippen LogP contribution in [-0.2, 0) is 0 Å². The SMILES string of the molecule is Nc1nccc(C2CN(C(=O)N3CCCCCC3)C2)n1. The van der Waals surface area contributed by atoms with Crippen molar-refractivity contribution in [1.82, 2.24) is 19.8 Å². The second-order valence-electron chi connectivity index (χ2n) is 5.63. The van der Waals surface area contributed by atoms with Gasteiger partial charge < -0.3 is 15.5 Å². The molecule has 0 radical (unpaired) electrons. The molecule has 108 valence electrons. The van der Waals surface area contributed by atoms with Gasteiger partial charge in [0.15, 0.2) is 0 Å². The number of anilines is 1. The van der Waals surface area contributed by atoms with E-state index in [-0.39, 0.29) is 6.03 Å². The highest BCUT2D eigenvalue weighted by molar-refractivity contribution is 5.75. The molecule has 20 heavy (non-hydrogen) atoms. The zero-order valence-electron chi connectivity index (χ0n) is 11.7. The van der Waals surface area contributed by atoms with E-state index < -0.39 is 0 Å². The number of carbonyl (C=O) groups is 1. The number of nitrogens with zero attached hydrogens (tertiary/aromatic N) is 4. The number of nitrogens with two attached hydrogens (primary N) is 1. The van der Waals surface area contributed by atoms with Crippen molar-refractivity contribution in [2.75, 3.05) is 31.9 Å². The highest BCUT2D eigenvalue weighted by atomic mass is 16.2. The molecule has 2 aliphatic heterocycles. The molecule has 6 nitrogen and oxygen atoms in total. The number of nitrogen functional groups attached to an aromatic ring is 1. The lowest BCUT2D eigenvalue weighted by Crippen LogP contribution is -2.54. The Kier molecular flexibility index (Phi) is 3.71. The van der Waals surface area contributed by atoms with Gasteiger partial charge in [0.25, 0.3) is 0 Å². The topological polar surface area (TPSA) is 75.3 Å². The number of hydrogen-bond donors (Lipinski definition) is 1. The van der Waals surface area contributed by atoms with Gasteiger partial charge in [0, 0.05) is 38.3 Å². The minimum absolute atomic E-state index is 0.185. The Bertz CT molecular complexity index is 478. The van der Waals surface area contributed by atoms with Crippen LogP contribution in [0.15, 0.2) is 12.3 Å². The molecule has 1 aromatic rings. The molecule has 0 unspecified atom stereocenters. The van der Waals surface area contributed by atoms with Gasteiger partial charge in [0.05, 0.1) is 5.69 Å². The fourth-order valence-corrected chi connectivity index (χ4v) is 2.90. The maximum atomic E-state index is 12.4. The number of hydrogen-bond acceptors (Lipinski definition) is 4. The van der Waals surface area contributed by atoms with Gasteiger partial charge in [-0.05, 0) is 18.9 Å². The lowest BCUT2D eigenvalue weighted by Gasteiger charge is -2.41. The molecule has 2 saturated heterocycles. The van der Waals surface area contributed by atoms with Gasteiger partial charge in [-0.3, -0.25) is 0 Å². The minimum Gasteiger partial charge on any atom is -0.368 e. The molecule has 0 saturated carbocycles. The van der Waals surface area contributed by atoms with E-state index in [0.717, 1.165) is 44.7 Å². The van der Waals surface area contributed by atoms with E-state index in [1.54, 1.807) is 6.20 Å². The number of carbonyl (C=O) groups excluding carboxylic acids is 1. The van der Waals surface area contributed by atoms with E-state index in [4.69, 9.17) is 5.73 Å². The molecule has 0 spiro atoms. The Hall–Kier alpha value is -1.85. The quantitative estimate of drug-likeness (QED) is 0.841. The summed E-state index contributed by atoms with van der Waals surface area (Å²) in [5.41, 5.74) is 6.53. The van der Waals surface area contributed by atoms with Crippen molar-refractivity contribution >= 4 is 12.0 Å². The van der Waals surface area contributed by atoms with Crippen LogP contribution in [0.5, 0.6) is 0 Å². The molecule has 1 aromatic heterocycles. The third-order valence-electron chi connectivity index (χ3n) is 4.14. The Morgan fingerprint density at radius 3 is 2.50 bits per heavy atom. The van der Waals surface area contributed by atoms with Gasteiger partial charge in [-0.15, -0.1) is 0 Å². The van der Waals surface area contributed by atoms with Crippen molar-refractivity contribution in [3.05, 3.63) is 18.0 Å². The minimum atomic E-state index is 0.185. The lowest BCUT2D eigenvalue weighted by atomic mass is 9.96. The number of rotatable bonds is 1. The van der Waals surface area contributed by atoms with E-state index in [2.05, 4.69) is 9.97 Å². The first-order valence-corrected chi connectivity index (χ1v) is 7.36. The summed E-state index contributed by atoms with van der Waals surface area (Å²) >= 11 is 0. The largest absolute Gasteiger partial charge is 0.368 e. The summed E-state index contributed by atoms with van der Waals surface area (Å²) in [5, 5.41) is 0. The van der Waals surface area contributed by atoms with Gasteiger partial charge in [0.1, 0.15) is 0 Å². The van der Waals surface area contributed by atoms with Crippen LogP contribution in [0.1, 0.15) is 37.3 Å². The number of urea groups is 1. The summed E-state index contributed by atoms with van der Waals surface area (Å²) in [5.74, 6) is 0.607. The van der Waals surface area contributed by atoms with Crippen LogP contribution in [0.4, 0.5) is 10.7 Å². The second kappa shape index (κ2) is 5.64. The number of likely N-dealkylation sites (tertiary alicyclic amines) is 2. The maximum absolute atomic E-state index is 12.4. The van der Waals surface area contributed by atoms with Gasteiger partial charge in [0.2, 0.25) is 5.95 Å². The molecule has 2 aliphatic rings. The Labute approximate surface area is 119 Å². The molecule has 0 aliphatic carbocycles. The summed E-state index contributed by atoms with van der Waals surface area (Å²) in [4.78, 5) is 24.4. The van der Waals surface area contributed by atoms with E-state index in [9.17, 15) is 4.79 Å². The summed E-state index contributed by atoms with van der Waals surface area (Å²) in [7, 11) is 0. The van der Waals surface area contributed by atoms with E-state index in [1.165, 1.54) is 12.8 Å². The van der Waals surface area contributed by atoms with Crippen LogP contribution in [0.2, 0.25) is 0 Å². The van der Waals surface area contributed by atoms with Crippen molar-refractivity contribution < 1.29 is 4.79 Å². The summed E-state index contributed by atoms with van der Waals surface area (Å²) in [6.45, 7) is 3.29. The molecule has 3 heterocycles. The molecule has 2 amide bonds. The second-order valence-corrected chi connectivity index (χ2v) is 5.63. The monoisotopic (exact) mass is 275 g/mol. The normalized spacial score (nSPS) is 20.4. The highest BCUT2D eigenvalue weighted by Crippen LogP contribution is 2.27. The predicted molar refractivity (Wildman–Crippen MR) is 76.2 cm³/mol. The van der Waals surface area contributed by atoms with Crippen molar-refractivity contribution in [2.45, 2.75) is 31.6 Å². The van der Waals surface area contributed by atoms with E-state index in [0.29, 0.717) is 11.9 Å². The zero-order chi connectivity index (χ0) is 13.9. The lowest BCUT2D eigenvalue weighted by molar-refractivity contribution is 0.114. The predicted octanol–water partition coefficient (Wildman–Crippen LogP) is 1.45. The van der Waals surface area contributed by atoms with Crippen molar-refractivity contribution in [1.29, 1.82) is 0 Å². The maximum Gasteiger partial charge on any atom is 0.320 e. The number of aromatic nitrogens is 2. The average Bonchev–Trinajstić information content (AvgIpc) is 2.65. The van der Waals surface area contributed by atoms with E-state index in [1.807, 2.05) is 15.9 Å². The molecule has 0 aromatic carbocycles. The third-order valence-corrected chi connectivity index (χ3v) is 4.14. The Morgan fingerprint density at radius 1 is 1.15 bits per heavy atom. The highest BCUT2D eigenvalue weighted by Gasteiger charge is 2.35. The first kappa shape index (κ1) is 13.1. The molecule has 6 heteroatoms.